The fourth-order valence-corrected chi connectivity index (χ4v) is 3.86. The van der Waals surface area contributed by atoms with Crippen molar-refractivity contribution in [2.45, 2.75) is 32.9 Å². The van der Waals surface area contributed by atoms with Gasteiger partial charge in [0.15, 0.2) is 0 Å². The fraction of sp³-hybridized carbons (Fsp3) is 0.333. The van der Waals surface area contributed by atoms with E-state index in [9.17, 15) is 0 Å². The maximum Gasteiger partial charge on any atom is 0.247 e. The molecule has 23 heavy (non-hydrogen) atoms. The van der Waals surface area contributed by atoms with E-state index in [4.69, 9.17) is 4.42 Å². The van der Waals surface area contributed by atoms with Crippen LogP contribution in [0, 0.1) is 6.92 Å². The Kier molecular flexibility index (Phi) is 3.75. The Bertz CT molecular complexity index is 806. The first-order chi connectivity index (χ1) is 11.2. The Morgan fingerprint density at radius 1 is 1.17 bits per heavy atom. The summed E-state index contributed by atoms with van der Waals surface area (Å²) in [7, 11) is 0. The number of aromatic nitrogens is 2. The highest BCUT2D eigenvalue weighted by atomic mass is 32.1. The molecule has 1 aromatic carbocycles. The zero-order valence-corrected chi connectivity index (χ0v) is 14.1. The molecule has 0 aliphatic carbocycles. The monoisotopic (exact) mass is 325 g/mol. The van der Waals surface area contributed by atoms with Gasteiger partial charge in [0.2, 0.25) is 11.8 Å². The molecule has 0 spiro atoms. The van der Waals surface area contributed by atoms with Crippen molar-refractivity contribution in [2.75, 3.05) is 6.54 Å². The number of benzene rings is 1. The first-order valence-electron chi connectivity index (χ1n) is 7.90. The molecule has 0 fully saturated rings. The number of nitrogens with zero attached hydrogens (tertiary/aromatic N) is 3. The largest absolute Gasteiger partial charge is 0.419 e. The van der Waals surface area contributed by atoms with Crippen LogP contribution in [0.15, 0.2) is 40.1 Å². The Balaban J connectivity index is 1.53. The number of hydrogen-bond donors (Lipinski definition) is 0. The summed E-state index contributed by atoms with van der Waals surface area (Å²) in [6.45, 7) is 6.21. The van der Waals surface area contributed by atoms with Crippen LogP contribution in [0.4, 0.5) is 0 Å². The molecule has 118 valence electrons. The molecule has 1 aliphatic rings. The van der Waals surface area contributed by atoms with E-state index in [-0.39, 0.29) is 6.04 Å². The maximum atomic E-state index is 5.93. The number of rotatable bonds is 3. The van der Waals surface area contributed by atoms with Crippen LogP contribution in [0.3, 0.4) is 0 Å². The van der Waals surface area contributed by atoms with Crippen molar-refractivity contribution in [3.63, 3.8) is 0 Å². The molecule has 0 N–H and O–H groups in total. The van der Waals surface area contributed by atoms with Gasteiger partial charge in [-0.05, 0) is 49.4 Å². The van der Waals surface area contributed by atoms with Crippen molar-refractivity contribution in [3.8, 4) is 11.5 Å². The van der Waals surface area contributed by atoms with E-state index in [1.807, 2.05) is 23.5 Å². The van der Waals surface area contributed by atoms with Crippen molar-refractivity contribution in [2.24, 2.45) is 0 Å². The van der Waals surface area contributed by atoms with E-state index in [1.165, 1.54) is 16.0 Å². The quantitative estimate of drug-likeness (QED) is 0.723. The van der Waals surface area contributed by atoms with Crippen molar-refractivity contribution in [1.82, 2.24) is 15.1 Å². The summed E-state index contributed by atoms with van der Waals surface area (Å²) in [6.07, 6.45) is 1.11. The minimum atomic E-state index is 0.134. The van der Waals surface area contributed by atoms with E-state index < -0.39 is 0 Å². The van der Waals surface area contributed by atoms with Crippen LogP contribution >= 0.6 is 11.3 Å². The molecule has 0 saturated carbocycles. The highest BCUT2D eigenvalue weighted by molar-refractivity contribution is 7.10. The van der Waals surface area contributed by atoms with Gasteiger partial charge in [0.05, 0.1) is 6.04 Å². The second-order valence-corrected chi connectivity index (χ2v) is 7.08. The van der Waals surface area contributed by atoms with Gasteiger partial charge in [-0.2, -0.15) is 0 Å². The fourth-order valence-electron chi connectivity index (χ4n) is 2.97. The first kappa shape index (κ1) is 14.6. The minimum absolute atomic E-state index is 0.134. The van der Waals surface area contributed by atoms with Gasteiger partial charge in [-0.25, -0.2) is 0 Å². The summed E-state index contributed by atoms with van der Waals surface area (Å²) in [5.74, 6) is 1.29. The summed E-state index contributed by atoms with van der Waals surface area (Å²) < 4.78 is 5.93. The van der Waals surface area contributed by atoms with Crippen LogP contribution in [0.5, 0.6) is 0 Å². The molecule has 1 atom stereocenters. The predicted molar refractivity (Wildman–Crippen MR) is 91.3 cm³/mol. The second kappa shape index (κ2) is 5.91. The Morgan fingerprint density at radius 3 is 2.83 bits per heavy atom. The molecule has 0 saturated heterocycles. The van der Waals surface area contributed by atoms with E-state index in [0.717, 1.165) is 25.1 Å². The molecule has 0 bridgehead atoms. The number of hydrogen-bond acceptors (Lipinski definition) is 5. The lowest BCUT2D eigenvalue weighted by molar-refractivity contribution is 0.168. The molecule has 0 amide bonds. The molecule has 4 nitrogen and oxygen atoms in total. The Hall–Kier alpha value is -1.98. The van der Waals surface area contributed by atoms with Gasteiger partial charge in [-0.15, -0.1) is 21.5 Å². The number of aryl methyl sites for hydroxylation is 1. The van der Waals surface area contributed by atoms with Crippen molar-refractivity contribution in [1.29, 1.82) is 0 Å². The lowest BCUT2D eigenvalue weighted by atomic mass is 10.1. The van der Waals surface area contributed by atoms with Gasteiger partial charge in [0, 0.05) is 23.5 Å². The first-order valence-corrected chi connectivity index (χ1v) is 8.78. The van der Waals surface area contributed by atoms with Gasteiger partial charge in [-0.1, -0.05) is 17.7 Å². The third kappa shape index (κ3) is 2.82. The van der Waals surface area contributed by atoms with Crippen molar-refractivity contribution >= 4 is 11.3 Å². The van der Waals surface area contributed by atoms with Crippen LogP contribution in [0.1, 0.15) is 34.9 Å². The standard InChI is InChI=1S/C18H19N3OS/c1-12-3-5-14(6-4-12)18-20-19-17(22-18)13(2)21-9-7-16-15(11-21)8-10-23-16/h3-6,8,10,13H,7,9,11H2,1-2H3. The number of thiophene rings is 1. The van der Waals surface area contributed by atoms with Crippen LogP contribution in [-0.4, -0.2) is 21.6 Å². The zero-order valence-electron chi connectivity index (χ0n) is 13.3. The van der Waals surface area contributed by atoms with E-state index in [2.05, 4.69) is 52.5 Å². The molecule has 1 aliphatic heterocycles. The van der Waals surface area contributed by atoms with Gasteiger partial charge in [0.1, 0.15) is 0 Å². The van der Waals surface area contributed by atoms with E-state index in [1.54, 1.807) is 0 Å². The average Bonchev–Trinajstić information content (AvgIpc) is 3.23. The van der Waals surface area contributed by atoms with E-state index in [0.29, 0.717) is 11.8 Å². The van der Waals surface area contributed by atoms with E-state index >= 15 is 0 Å². The zero-order chi connectivity index (χ0) is 15.8. The Labute approximate surface area is 139 Å². The summed E-state index contributed by atoms with van der Waals surface area (Å²) >= 11 is 1.86. The number of fused-ring (bicyclic) bond motifs is 1. The maximum absolute atomic E-state index is 5.93. The third-order valence-corrected chi connectivity index (χ3v) is 5.50. The van der Waals surface area contributed by atoms with Crippen molar-refractivity contribution < 1.29 is 4.42 Å². The second-order valence-electron chi connectivity index (χ2n) is 6.08. The topological polar surface area (TPSA) is 42.2 Å². The Morgan fingerprint density at radius 2 is 2.00 bits per heavy atom. The molecule has 5 heteroatoms. The molecule has 4 rings (SSSR count). The molecule has 3 heterocycles. The minimum Gasteiger partial charge on any atom is -0.419 e. The molecule has 2 aromatic heterocycles. The molecular weight excluding hydrogens is 306 g/mol. The summed E-state index contributed by atoms with van der Waals surface area (Å²) in [6, 6.07) is 10.5. The van der Waals surface area contributed by atoms with Crippen LogP contribution in [-0.2, 0) is 13.0 Å². The SMILES string of the molecule is Cc1ccc(-c2nnc(C(C)N3CCc4sccc4C3)o2)cc1. The normalized spacial score (nSPS) is 16.3. The highest BCUT2D eigenvalue weighted by Gasteiger charge is 2.26. The van der Waals surface area contributed by atoms with Crippen LogP contribution in [0.2, 0.25) is 0 Å². The van der Waals surface area contributed by atoms with Crippen LogP contribution < -0.4 is 0 Å². The van der Waals surface area contributed by atoms with Crippen molar-refractivity contribution in [3.05, 3.63) is 57.6 Å². The highest BCUT2D eigenvalue weighted by Crippen LogP contribution is 2.30. The molecular formula is C18H19N3OS. The van der Waals surface area contributed by atoms with Gasteiger partial charge < -0.3 is 4.42 Å². The lowest BCUT2D eigenvalue weighted by Crippen LogP contribution is -2.32. The van der Waals surface area contributed by atoms with Gasteiger partial charge >= 0.3 is 0 Å². The smallest absolute Gasteiger partial charge is 0.247 e. The summed E-state index contributed by atoms with van der Waals surface area (Å²) in [5.41, 5.74) is 3.63. The molecule has 1 unspecified atom stereocenters. The molecule has 0 radical (unpaired) electrons. The van der Waals surface area contributed by atoms with Gasteiger partial charge in [-0.3, -0.25) is 4.90 Å². The molecule has 3 aromatic rings. The summed E-state index contributed by atoms with van der Waals surface area (Å²) in [4.78, 5) is 3.92. The summed E-state index contributed by atoms with van der Waals surface area (Å²) in [5, 5.41) is 10.7. The lowest BCUT2D eigenvalue weighted by Gasteiger charge is -2.30. The van der Waals surface area contributed by atoms with Crippen LogP contribution in [0.25, 0.3) is 11.5 Å². The average molecular weight is 325 g/mol. The third-order valence-electron chi connectivity index (χ3n) is 4.48. The predicted octanol–water partition coefficient (Wildman–Crippen LogP) is 4.23. The van der Waals surface area contributed by atoms with Gasteiger partial charge in [0.25, 0.3) is 0 Å².